The molecule has 0 unspecified atom stereocenters. The molecule has 9 nitrogen and oxygen atoms in total. The Morgan fingerprint density at radius 2 is 1.69 bits per heavy atom. The summed E-state index contributed by atoms with van der Waals surface area (Å²) in [6.07, 6.45) is 2.80. The van der Waals surface area contributed by atoms with E-state index in [1.807, 2.05) is 0 Å². The lowest BCUT2D eigenvalue weighted by Crippen LogP contribution is -2.50. The minimum Gasteiger partial charge on any atom is -0.336 e. The van der Waals surface area contributed by atoms with Crippen molar-refractivity contribution >= 4 is 27.7 Å². The largest absolute Gasteiger partial charge is 0.336 e. The van der Waals surface area contributed by atoms with Crippen LogP contribution in [-0.2, 0) is 10.0 Å². The zero-order valence-corrected chi connectivity index (χ0v) is 16.4. The van der Waals surface area contributed by atoms with Crippen LogP contribution in [0.2, 0.25) is 0 Å². The quantitative estimate of drug-likeness (QED) is 0.675. The Labute approximate surface area is 167 Å². The molecule has 0 N–H and O–H groups in total. The van der Waals surface area contributed by atoms with Crippen molar-refractivity contribution in [1.29, 1.82) is 0 Å². The maximum absolute atomic E-state index is 12.8. The predicted molar refractivity (Wildman–Crippen MR) is 102 cm³/mol. The molecule has 0 saturated carbocycles. The van der Waals surface area contributed by atoms with Gasteiger partial charge >= 0.3 is 0 Å². The minimum absolute atomic E-state index is 0.116. The molecule has 1 aromatic carbocycles. The molecule has 29 heavy (non-hydrogen) atoms. The van der Waals surface area contributed by atoms with Gasteiger partial charge in [-0.25, -0.2) is 8.42 Å². The van der Waals surface area contributed by atoms with Crippen LogP contribution in [-0.4, -0.2) is 78.5 Å². The maximum atomic E-state index is 12.8. The predicted octanol–water partition coefficient (Wildman–Crippen LogP) is 0.454. The van der Waals surface area contributed by atoms with Crippen molar-refractivity contribution < 1.29 is 22.8 Å². The number of sulfonamides is 1. The highest BCUT2D eigenvalue weighted by Gasteiger charge is 2.35. The van der Waals surface area contributed by atoms with Crippen LogP contribution in [0.4, 0.5) is 0 Å². The Morgan fingerprint density at radius 1 is 1.00 bits per heavy atom. The monoisotopic (exact) mass is 414 g/mol. The summed E-state index contributed by atoms with van der Waals surface area (Å²) in [7, 11) is -2.26. The first kappa shape index (κ1) is 19.2. The molecule has 0 radical (unpaired) electrons. The summed E-state index contributed by atoms with van der Waals surface area (Å²) in [5.74, 6) is -1.13. The highest BCUT2D eigenvalue weighted by atomic mass is 32.2. The number of amides is 3. The first-order valence-corrected chi connectivity index (χ1v) is 10.4. The lowest BCUT2D eigenvalue weighted by atomic mass is 10.0. The number of benzene rings is 1. The number of hydrogen-bond donors (Lipinski definition) is 0. The third-order valence-electron chi connectivity index (χ3n) is 5.13. The van der Waals surface area contributed by atoms with Crippen LogP contribution < -0.4 is 0 Å². The van der Waals surface area contributed by atoms with Gasteiger partial charge in [0.15, 0.2) is 0 Å². The molecule has 1 saturated heterocycles. The fraction of sp³-hybridized carbons (Fsp3) is 0.263. The molecular formula is C19H18N4O5S. The summed E-state index contributed by atoms with van der Waals surface area (Å²) in [6, 6.07) is 7.48. The lowest BCUT2D eigenvalue weighted by molar-refractivity contribution is 0.0688. The van der Waals surface area contributed by atoms with Gasteiger partial charge in [0.25, 0.3) is 17.7 Å². The Hall–Kier alpha value is -3.11. The zero-order chi connectivity index (χ0) is 20.8. The fourth-order valence-corrected chi connectivity index (χ4v) is 4.84. The number of nitrogens with zero attached hydrogens (tertiary/aromatic N) is 4. The highest BCUT2D eigenvalue weighted by Crippen LogP contribution is 2.24. The van der Waals surface area contributed by atoms with Crippen molar-refractivity contribution in [1.82, 2.24) is 19.1 Å². The Balaban J connectivity index is 1.48. The van der Waals surface area contributed by atoms with E-state index in [0.29, 0.717) is 5.56 Å². The van der Waals surface area contributed by atoms with Crippen LogP contribution in [0.15, 0.2) is 47.6 Å². The normalized spacial score (nSPS) is 17.6. The molecule has 2 aliphatic heterocycles. The number of rotatable bonds is 3. The van der Waals surface area contributed by atoms with Gasteiger partial charge in [0.1, 0.15) is 4.90 Å². The summed E-state index contributed by atoms with van der Waals surface area (Å²) < 4.78 is 26.7. The van der Waals surface area contributed by atoms with Crippen molar-refractivity contribution in [2.45, 2.75) is 4.90 Å². The molecule has 3 heterocycles. The second-order valence-electron chi connectivity index (χ2n) is 6.81. The van der Waals surface area contributed by atoms with E-state index in [-0.39, 0.29) is 48.1 Å². The molecule has 0 aliphatic carbocycles. The fourth-order valence-electron chi connectivity index (χ4n) is 3.46. The van der Waals surface area contributed by atoms with Gasteiger partial charge in [-0.05, 0) is 30.3 Å². The Bertz CT molecular complexity index is 1110. The third-order valence-corrected chi connectivity index (χ3v) is 7.02. The number of carbonyl (C=O) groups is 3. The summed E-state index contributed by atoms with van der Waals surface area (Å²) in [5, 5.41) is 0. The van der Waals surface area contributed by atoms with Crippen LogP contribution >= 0.6 is 0 Å². The van der Waals surface area contributed by atoms with E-state index >= 15 is 0 Å². The number of hydrogen-bond acceptors (Lipinski definition) is 6. The van der Waals surface area contributed by atoms with Crippen LogP contribution in [0.1, 0.15) is 31.1 Å². The number of pyridine rings is 1. The van der Waals surface area contributed by atoms with Crippen LogP contribution in [0.5, 0.6) is 0 Å². The number of fused-ring (bicyclic) bond motifs is 1. The van der Waals surface area contributed by atoms with Gasteiger partial charge in [-0.3, -0.25) is 24.3 Å². The molecule has 2 aliphatic rings. The van der Waals surface area contributed by atoms with Gasteiger partial charge in [0, 0.05) is 51.2 Å². The average molecular weight is 414 g/mol. The molecule has 0 spiro atoms. The van der Waals surface area contributed by atoms with E-state index in [9.17, 15) is 22.8 Å². The summed E-state index contributed by atoms with van der Waals surface area (Å²) in [5.41, 5.74) is 0.784. The van der Waals surface area contributed by atoms with E-state index in [1.54, 1.807) is 11.0 Å². The maximum Gasteiger partial charge on any atom is 0.261 e. The number of imide groups is 1. The van der Waals surface area contributed by atoms with Gasteiger partial charge in [0.05, 0.1) is 11.1 Å². The van der Waals surface area contributed by atoms with Crippen LogP contribution in [0, 0.1) is 0 Å². The minimum atomic E-state index is -3.66. The van der Waals surface area contributed by atoms with Gasteiger partial charge < -0.3 is 4.90 Å². The Kier molecular flexibility index (Phi) is 4.67. The van der Waals surface area contributed by atoms with Crippen LogP contribution in [0.3, 0.4) is 0 Å². The molecule has 1 fully saturated rings. The molecule has 0 atom stereocenters. The summed E-state index contributed by atoms with van der Waals surface area (Å²) in [6.45, 7) is 0.770. The van der Waals surface area contributed by atoms with E-state index < -0.39 is 21.8 Å². The molecule has 2 aromatic rings. The average Bonchev–Trinajstić information content (AvgIpc) is 2.97. The van der Waals surface area contributed by atoms with E-state index in [0.717, 1.165) is 4.90 Å². The van der Waals surface area contributed by atoms with E-state index in [1.165, 1.54) is 48.0 Å². The number of aromatic nitrogens is 1. The van der Waals surface area contributed by atoms with Crippen molar-refractivity contribution in [3.63, 3.8) is 0 Å². The van der Waals surface area contributed by atoms with Gasteiger partial charge in [-0.15, -0.1) is 0 Å². The topological polar surface area (TPSA) is 108 Å². The zero-order valence-electron chi connectivity index (χ0n) is 15.6. The number of piperazine rings is 1. The molecule has 4 rings (SSSR count). The smallest absolute Gasteiger partial charge is 0.261 e. The molecule has 150 valence electrons. The number of carbonyl (C=O) groups excluding carboxylic acids is 3. The molecule has 1 aromatic heterocycles. The Morgan fingerprint density at radius 3 is 2.34 bits per heavy atom. The van der Waals surface area contributed by atoms with Gasteiger partial charge in [-0.2, -0.15) is 4.31 Å². The first-order valence-electron chi connectivity index (χ1n) is 8.96. The van der Waals surface area contributed by atoms with Gasteiger partial charge in [0.2, 0.25) is 10.0 Å². The van der Waals surface area contributed by atoms with Crippen molar-refractivity contribution in [3.8, 4) is 0 Å². The SMILES string of the molecule is CN1C(=O)c2ccc(C(=O)N3CCN(S(=O)(=O)c4cccnc4)CC3)cc2C1=O. The van der Waals surface area contributed by atoms with Crippen molar-refractivity contribution in [2.75, 3.05) is 33.2 Å². The standard InChI is InChI=1S/C19H18N4O5S/c1-21-18(25)15-5-4-13(11-16(15)19(21)26)17(24)22-7-9-23(10-8-22)29(27,28)14-3-2-6-20-12-14/h2-6,11-12H,7-10H2,1H3. The first-order chi connectivity index (χ1) is 13.8. The highest BCUT2D eigenvalue weighted by molar-refractivity contribution is 7.89. The van der Waals surface area contributed by atoms with Crippen LogP contribution in [0.25, 0.3) is 0 Å². The summed E-state index contributed by atoms with van der Waals surface area (Å²) in [4.78, 5) is 43.5. The summed E-state index contributed by atoms with van der Waals surface area (Å²) >= 11 is 0. The lowest BCUT2D eigenvalue weighted by Gasteiger charge is -2.34. The molecule has 10 heteroatoms. The van der Waals surface area contributed by atoms with Crippen molar-refractivity contribution in [3.05, 3.63) is 59.4 Å². The second kappa shape index (κ2) is 7.05. The third kappa shape index (κ3) is 3.19. The molecule has 3 amide bonds. The van der Waals surface area contributed by atoms with E-state index in [2.05, 4.69) is 4.98 Å². The van der Waals surface area contributed by atoms with Crippen molar-refractivity contribution in [2.24, 2.45) is 0 Å². The second-order valence-corrected chi connectivity index (χ2v) is 8.75. The molecule has 0 bridgehead atoms. The van der Waals surface area contributed by atoms with Gasteiger partial charge in [-0.1, -0.05) is 0 Å². The molecular weight excluding hydrogens is 396 g/mol. The van der Waals surface area contributed by atoms with E-state index in [4.69, 9.17) is 0 Å².